The molecule has 0 saturated carbocycles. The van der Waals surface area contributed by atoms with Crippen LogP contribution < -0.4 is 14.8 Å². The third-order valence-electron chi connectivity index (χ3n) is 4.76. The van der Waals surface area contributed by atoms with Crippen LogP contribution in [0.3, 0.4) is 0 Å². The van der Waals surface area contributed by atoms with Gasteiger partial charge in [-0.3, -0.25) is 14.9 Å². The molecule has 7 nitrogen and oxygen atoms in total. The van der Waals surface area contributed by atoms with Crippen molar-refractivity contribution in [3.63, 3.8) is 0 Å². The van der Waals surface area contributed by atoms with Crippen LogP contribution in [0.4, 0.5) is 11.4 Å². The number of hydrogen-bond donors (Lipinski definition) is 1. The highest BCUT2D eigenvalue weighted by Crippen LogP contribution is 2.38. The molecule has 3 rings (SSSR count). The molecule has 34 heavy (non-hydrogen) atoms. The molecule has 0 unspecified atom stereocenters. The molecule has 3 aromatic rings. The molecule has 0 radical (unpaired) electrons. The zero-order valence-electron chi connectivity index (χ0n) is 18.5. The van der Waals surface area contributed by atoms with Crippen LogP contribution in [0.25, 0.3) is 6.08 Å². The molecule has 0 aromatic heterocycles. The number of aryl methyl sites for hydroxylation is 1. The van der Waals surface area contributed by atoms with E-state index in [2.05, 4.69) is 21.2 Å². The average molecular weight is 546 g/mol. The third kappa shape index (κ3) is 6.59. The summed E-state index contributed by atoms with van der Waals surface area (Å²) in [5, 5.41) is 14.4. The second-order valence-electron chi connectivity index (χ2n) is 7.22. The van der Waals surface area contributed by atoms with E-state index in [1.807, 2.05) is 25.1 Å². The van der Waals surface area contributed by atoms with E-state index < -0.39 is 10.8 Å². The number of amides is 1. The lowest BCUT2D eigenvalue weighted by Crippen LogP contribution is -2.08. The van der Waals surface area contributed by atoms with Crippen LogP contribution in [0.15, 0.2) is 65.1 Å². The van der Waals surface area contributed by atoms with Crippen molar-refractivity contribution in [3.8, 4) is 11.5 Å². The highest BCUT2D eigenvalue weighted by atomic mass is 79.9. The standard InChI is InChI=1S/C25H22BrClN2O5/c1-3-33-23-13-17(12-20(26)25(23)34-15-18-6-4-5-7-21(18)27)9-11-24(30)28-19-10-8-16(2)22(14-19)29(31)32/h4-14H,3,15H2,1-2H3,(H,28,30)/b11-9+. The van der Waals surface area contributed by atoms with Crippen LogP contribution in [0.5, 0.6) is 11.5 Å². The maximum atomic E-state index is 12.4. The molecule has 3 aromatic carbocycles. The summed E-state index contributed by atoms with van der Waals surface area (Å²) >= 11 is 9.73. The van der Waals surface area contributed by atoms with Gasteiger partial charge in [-0.25, -0.2) is 0 Å². The fourth-order valence-corrected chi connectivity index (χ4v) is 3.86. The minimum Gasteiger partial charge on any atom is -0.490 e. The van der Waals surface area contributed by atoms with Crippen molar-refractivity contribution < 1.29 is 19.2 Å². The average Bonchev–Trinajstić information content (AvgIpc) is 2.79. The third-order valence-corrected chi connectivity index (χ3v) is 5.72. The first-order valence-electron chi connectivity index (χ1n) is 10.3. The Balaban J connectivity index is 1.75. The van der Waals surface area contributed by atoms with E-state index in [-0.39, 0.29) is 12.3 Å². The van der Waals surface area contributed by atoms with Gasteiger partial charge in [-0.15, -0.1) is 0 Å². The predicted octanol–water partition coefficient (Wildman–Crippen LogP) is 6.95. The fourth-order valence-electron chi connectivity index (χ4n) is 3.09. The van der Waals surface area contributed by atoms with E-state index in [0.29, 0.717) is 44.4 Å². The highest BCUT2D eigenvalue weighted by molar-refractivity contribution is 9.10. The molecule has 0 saturated heterocycles. The summed E-state index contributed by atoms with van der Waals surface area (Å²) in [7, 11) is 0. The molecule has 0 aliphatic heterocycles. The van der Waals surface area contributed by atoms with Crippen LogP contribution in [-0.2, 0) is 11.4 Å². The summed E-state index contributed by atoms with van der Waals surface area (Å²) in [6.45, 7) is 4.19. The summed E-state index contributed by atoms with van der Waals surface area (Å²) in [6.07, 6.45) is 2.95. The number of carbonyl (C=O) groups excluding carboxylic acids is 1. The first-order valence-corrected chi connectivity index (χ1v) is 11.5. The number of nitro groups is 1. The second-order valence-corrected chi connectivity index (χ2v) is 8.49. The molecular weight excluding hydrogens is 524 g/mol. The van der Waals surface area contributed by atoms with Crippen LogP contribution in [0.2, 0.25) is 5.02 Å². The van der Waals surface area contributed by atoms with Crippen LogP contribution in [0, 0.1) is 17.0 Å². The van der Waals surface area contributed by atoms with E-state index in [1.54, 1.807) is 43.3 Å². The molecule has 0 fully saturated rings. The first kappa shape index (κ1) is 25.3. The van der Waals surface area contributed by atoms with E-state index in [9.17, 15) is 14.9 Å². The lowest BCUT2D eigenvalue weighted by molar-refractivity contribution is -0.385. The van der Waals surface area contributed by atoms with Crippen molar-refractivity contribution >= 4 is 50.9 Å². The van der Waals surface area contributed by atoms with Crippen molar-refractivity contribution in [2.75, 3.05) is 11.9 Å². The smallest absolute Gasteiger partial charge is 0.274 e. The molecule has 176 valence electrons. The van der Waals surface area contributed by atoms with Gasteiger partial charge in [0.15, 0.2) is 11.5 Å². The minimum atomic E-state index is -0.483. The van der Waals surface area contributed by atoms with Crippen LogP contribution in [0.1, 0.15) is 23.6 Å². The fraction of sp³-hybridized carbons (Fsp3) is 0.160. The summed E-state index contributed by atoms with van der Waals surface area (Å²) in [4.78, 5) is 23.0. The van der Waals surface area contributed by atoms with Gasteiger partial charge >= 0.3 is 0 Å². The lowest BCUT2D eigenvalue weighted by Gasteiger charge is -2.15. The maximum Gasteiger partial charge on any atom is 0.274 e. The number of anilines is 1. The monoisotopic (exact) mass is 544 g/mol. The topological polar surface area (TPSA) is 90.7 Å². The Morgan fingerprint density at radius 2 is 1.94 bits per heavy atom. The summed E-state index contributed by atoms with van der Waals surface area (Å²) in [5.41, 5.74) is 2.34. The zero-order valence-corrected chi connectivity index (χ0v) is 20.9. The first-order chi connectivity index (χ1) is 16.3. The number of nitrogens with zero attached hydrogens (tertiary/aromatic N) is 1. The highest BCUT2D eigenvalue weighted by Gasteiger charge is 2.14. The summed E-state index contributed by atoms with van der Waals surface area (Å²) in [6, 6.07) is 15.5. The van der Waals surface area contributed by atoms with E-state index in [4.69, 9.17) is 21.1 Å². The molecule has 0 atom stereocenters. The summed E-state index contributed by atoms with van der Waals surface area (Å²) < 4.78 is 12.4. The lowest BCUT2D eigenvalue weighted by atomic mass is 10.1. The molecule has 1 N–H and O–H groups in total. The predicted molar refractivity (Wildman–Crippen MR) is 137 cm³/mol. The largest absolute Gasteiger partial charge is 0.490 e. The second kappa shape index (κ2) is 11.7. The minimum absolute atomic E-state index is 0.0561. The molecule has 0 aliphatic carbocycles. The van der Waals surface area contributed by atoms with Gasteiger partial charge in [0.1, 0.15) is 6.61 Å². The molecule has 0 spiro atoms. The normalized spacial score (nSPS) is 10.8. The Morgan fingerprint density at radius 1 is 1.18 bits per heavy atom. The Kier molecular flexibility index (Phi) is 8.67. The number of hydrogen-bond acceptors (Lipinski definition) is 5. The van der Waals surface area contributed by atoms with Gasteiger partial charge in [-0.2, -0.15) is 0 Å². The van der Waals surface area contributed by atoms with E-state index in [0.717, 1.165) is 5.56 Å². The molecule has 9 heteroatoms. The van der Waals surface area contributed by atoms with E-state index in [1.165, 1.54) is 12.1 Å². The van der Waals surface area contributed by atoms with Crippen molar-refractivity contribution in [1.82, 2.24) is 0 Å². The number of ether oxygens (including phenoxy) is 2. The van der Waals surface area contributed by atoms with Gasteiger partial charge < -0.3 is 14.8 Å². The van der Waals surface area contributed by atoms with Crippen molar-refractivity contribution in [1.29, 1.82) is 0 Å². The van der Waals surface area contributed by atoms with Gasteiger partial charge in [-0.05, 0) is 65.7 Å². The van der Waals surface area contributed by atoms with Gasteiger partial charge in [-0.1, -0.05) is 35.9 Å². The van der Waals surface area contributed by atoms with Crippen LogP contribution >= 0.6 is 27.5 Å². The Labute approximate surface area is 210 Å². The van der Waals surface area contributed by atoms with Gasteiger partial charge in [0.05, 0.1) is 16.0 Å². The van der Waals surface area contributed by atoms with Crippen LogP contribution in [-0.4, -0.2) is 17.4 Å². The Morgan fingerprint density at radius 3 is 2.65 bits per heavy atom. The van der Waals surface area contributed by atoms with Crippen molar-refractivity contribution in [3.05, 3.63) is 97.0 Å². The number of nitro benzene ring substituents is 1. The maximum absolute atomic E-state index is 12.4. The van der Waals surface area contributed by atoms with Gasteiger partial charge in [0, 0.05) is 34.0 Å². The van der Waals surface area contributed by atoms with Gasteiger partial charge in [0.25, 0.3) is 5.69 Å². The van der Waals surface area contributed by atoms with Crippen molar-refractivity contribution in [2.45, 2.75) is 20.5 Å². The number of benzene rings is 3. The zero-order chi connectivity index (χ0) is 24.7. The number of halogens is 2. The summed E-state index contributed by atoms with van der Waals surface area (Å²) in [5.74, 6) is 0.611. The quantitative estimate of drug-likeness (QED) is 0.178. The molecular formula is C25H22BrClN2O5. The number of nitrogens with one attached hydrogen (secondary N) is 1. The molecule has 0 bridgehead atoms. The number of rotatable bonds is 9. The molecule has 0 aliphatic rings. The van der Waals surface area contributed by atoms with E-state index >= 15 is 0 Å². The van der Waals surface area contributed by atoms with Crippen molar-refractivity contribution in [2.24, 2.45) is 0 Å². The van der Waals surface area contributed by atoms with Gasteiger partial charge in [0.2, 0.25) is 5.91 Å². The Hall–Kier alpha value is -3.36. The SMILES string of the molecule is CCOc1cc(/C=C/C(=O)Nc2ccc(C)c([N+](=O)[O-])c2)cc(Br)c1OCc1ccccc1Cl. The molecule has 0 heterocycles. The molecule has 1 amide bonds. The Bertz CT molecular complexity index is 1250. The number of carbonyl (C=O) groups is 1.